The van der Waals surface area contributed by atoms with E-state index >= 15 is 0 Å². The first kappa shape index (κ1) is 34.6. The largest absolute Gasteiger partial charge is 0.487 e. The maximum absolute atomic E-state index is 13.5. The average molecular weight is 685 g/mol. The van der Waals surface area contributed by atoms with Crippen LogP contribution in [0.4, 0.5) is 9.59 Å². The van der Waals surface area contributed by atoms with Gasteiger partial charge in [-0.3, -0.25) is 4.90 Å². The number of aromatic nitrogens is 1. The molecule has 0 radical (unpaired) electrons. The number of thiazole rings is 1. The Morgan fingerprint density at radius 3 is 2.16 bits per heavy atom. The van der Waals surface area contributed by atoms with Gasteiger partial charge in [0.2, 0.25) is 0 Å². The van der Waals surface area contributed by atoms with Gasteiger partial charge in [-0.1, -0.05) is 34.5 Å². The highest BCUT2D eigenvalue weighted by Gasteiger charge is 2.49. The molecule has 2 aliphatic rings. The quantitative estimate of drug-likeness (QED) is 0.177. The van der Waals surface area contributed by atoms with Crippen molar-refractivity contribution in [2.24, 2.45) is 0 Å². The summed E-state index contributed by atoms with van der Waals surface area (Å²) in [5.74, 6) is -0.242. The molecule has 11 nitrogen and oxygen atoms in total. The molecule has 0 spiro atoms. The molecular formula is C31H39Cl2N3O8S. The summed E-state index contributed by atoms with van der Waals surface area (Å²) in [5.41, 5.74) is 0.347. The molecule has 1 saturated heterocycles. The Morgan fingerprint density at radius 2 is 1.56 bits per heavy atom. The molecular weight excluding hydrogens is 645 g/mol. The zero-order chi connectivity index (χ0) is 33.3. The number of fused-ring (bicyclic) bond motifs is 2. The Hall–Kier alpha value is -3.22. The van der Waals surface area contributed by atoms with Gasteiger partial charge in [-0.15, -0.1) is 0 Å². The Morgan fingerprint density at radius 1 is 0.956 bits per heavy atom. The number of ether oxygens (including phenoxy) is 5. The number of piperazine rings is 1. The van der Waals surface area contributed by atoms with E-state index in [4.69, 9.17) is 46.9 Å². The van der Waals surface area contributed by atoms with Gasteiger partial charge >= 0.3 is 18.2 Å². The maximum Gasteiger partial charge on any atom is 0.411 e. The van der Waals surface area contributed by atoms with Crippen LogP contribution in [-0.4, -0.2) is 89.6 Å². The van der Waals surface area contributed by atoms with Gasteiger partial charge in [-0.2, -0.15) is 0 Å². The van der Waals surface area contributed by atoms with Crippen LogP contribution in [0, 0.1) is 6.92 Å². The molecule has 3 heterocycles. The topological polar surface area (TPSA) is 117 Å². The van der Waals surface area contributed by atoms with Crippen LogP contribution >= 0.6 is 34.5 Å². The molecule has 246 valence electrons. The van der Waals surface area contributed by atoms with Crippen LogP contribution in [0.25, 0.3) is 5.57 Å². The molecule has 14 heteroatoms. The lowest BCUT2D eigenvalue weighted by Crippen LogP contribution is -2.65. The van der Waals surface area contributed by atoms with Crippen LogP contribution in [0.2, 0.25) is 10.0 Å². The second-order valence-corrected chi connectivity index (χ2v) is 14.6. The van der Waals surface area contributed by atoms with Crippen molar-refractivity contribution in [2.75, 3.05) is 33.4 Å². The second kappa shape index (κ2) is 13.6. The van der Waals surface area contributed by atoms with Crippen LogP contribution in [0.3, 0.4) is 0 Å². The van der Waals surface area contributed by atoms with Crippen LogP contribution < -0.4 is 9.47 Å². The fourth-order valence-electron chi connectivity index (χ4n) is 5.14. The van der Waals surface area contributed by atoms with Gasteiger partial charge in [-0.25, -0.2) is 19.4 Å². The highest BCUT2D eigenvalue weighted by Crippen LogP contribution is 2.42. The number of methoxy groups -OCH3 is 1. The molecule has 0 aliphatic carbocycles. The van der Waals surface area contributed by atoms with E-state index in [-0.39, 0.29) is 38.3 Å². The molecule has 2 amide bonds. The lowest BCUT2D eigenvalue weighted by Gasteiger charge is -2.50. The van der Waals surface area contributed by atoms with Crippen molar-refractivity contribution in [1.29, 1.82) is 0 Å². The van der Waals surface area contributed by atoms with Crippen molar-refractivity contribution < 1.29 is 38.1 Å². The number of aryl methyl sites for hydroxylation is 1. The summed E-state index contributed by atoms with van der Waals surface area (Å²) in [6.45, 7) is 13.1. The van der Waals surface area contributed by atoms with E-state index in [1.54, 1.807) is 64.8 Å². The SMILES string of the molecule is COC(=O)C1=C(c2cnc(OCCOc3c(Cl)cc(C)cc3Cl)s2)CC2CN(C(=O)OC(C)(C)C)CC1N2C(=O)OC(C)(C)C. The highest BCUT2D eigenvalue weighted by molar-refractivity contribution is 7.14. The Labute approximate surface area is 277 Å². The predicted octanol–water partition coefficient (Wildman–Crippen LogP) is 6.77. The Kier molecular flexibility index (Phi) is 10.5. The van der Waals surface area contributed by atoms with Crippen LogP contribution in [-0.2, 0) is 19.0 Å². The third-order valence-corrected chi connectivity index (χ3v) is 8.32. The summed E-state index contributed by atoms with van der Waals surface area (Å²) in [7, 11) is 1.28. The fraction of sp³-hybridized carbons (Fsp3) is 0.548. The lowest BCUT2D eigenvalue weighted by atomic mass is 9.84. The van der Waals surface area contributed by atoms with Crippen molar-refractivity contribution in [3.05, 3.63) is 44.4 Å². The molecule has 2 aromatic rings. The number of carbonyl (C=O) groups is 3. The van der Waals surface area contributed by atoms with Crippen molar-refractivity contribution in [3.8, 4) is 10.9 Å². The molecule has 0 saturated carbocycles. The average Bonchev–Trinajstić information content (AvgIpc) is 3.37. The van der Waals surface area contributed by atoms with E-state index < -0.39 is 41.4 Å². The third-order valence-electron chi connectivity index (χ3n) is 6.79. The van der Waals surface area contributed by atoms with Gasteiger partial charge in [0, 0.05) is 19.3 Å². The molecule has 1 aromatic carbocycles. The number of benzene rings is 1. The molecule has 2 bridgehead atoms. The number of esters is 1. The Bertz CT molecular complexity index is 1460. The van der Waals surface area contributed by atoms with Gasteiger partial charge in [0.25, 0.3) is 5.19 Å². The van der Waals surface area contributed by atoms with Crippen LogP contribution in [0.15, 0.2) is 23.9 Å². The van der Waals surface area contributed by atoms with E-state index in [1.807, 2.05) is 6.92 Å². The normalized spacial score (nSPS) is 18.4. The Balaban J connectivity index is 1.59. The minimum absolute atomic E-state index is 0.0161. The molecule has 1 aromatic heterocycles. The maximum atomic E-state index is 13.5. The van der Waals surface area contributed by atoms with Gasteiger partial charge in [0.05, 0.1) is 39.7 Å². The minimum atomic E-state index is -0.841. The predicted molar refractivity (Wildman–Crippen MR) is 171 cm³/mol. The first-order valence-electron chi connectivity index (χ1n) is 14.5. The van der Waals surface area contributed by atoms with Gasteiger partial charge in [-0.05, 0) is 78.2 Å². The number of amides is 2. The van der Waals surface area contributed by atoms with Gasteiger partial charge in [0.1, 0.15) is 24.4 Å². The van der Waals surface area contributed by atoms with Crippen molar-refractivity contribution in [3.63, 3.8) is 0 Å². The number of carbonyl (C=O) groups excluding carboxylic acids is 3. The van der Waals surface area contributed by atoms with E-state index in [2.05, 4.69) is 4.98 Å². The van der Waals surface area contributed by atoms with Crippen molar-refractivity contribution in [2.45, 2.75) is 78.2 Å². The number of rotatable bonds is 7. The lowest BCUT2D eigenvalue weighted by molar-refractivity contribution is -0.137. The van der Waals surface area contributed by atoms with Crippen molar-refractivity contribution in [1.82, 2.24) is 14.8 Å². The first-order valence-corrected chi connectivity index (χ1v) is 16.0. The molecule has 2 unspecified atom stereocenters. The van der Waals surface area contributed by atoms with E-state index in [1.165, 1.54) is 23.3 Å². The smallest absolute Gasteiger partial charge is 0.411 e. The summed E-state index contributed by atoms with van der Waals surface area (Å²) in [6, 6.07) is 2.18. The van der Waals surface area contributed by atoms with Crippen LogP contribution in [0.1, 0.15) is 58.4 Å². The minimum Gasteiger partial charge on any atom is -0.487 e. The van der Waals surface area contributed by atoms with E-state index in [0.717, 1.165) is 5.56 Å². The van der Waals surface area contributed by atoms with Gasteiger partial charge < -0.3 is 28.6 Å². The van der Waals surface area contributed by atoms with Crippen molar-refractivity contribution >= 4 is 58.3 Å². The third kappa shape index (κ3) is 8.53. The van der Waals surface area contributed by atoms with E-state index in [0.29, 0.717) is 31.4 Å². The number of hydrogen-bond acceptors (Lipinski definition) is 10. The van der Waals surface area contributed by atoms with Gasteiger partial charge in [0.15, 0.2) is 5.75 Å². The monoisotopic (exact) mass is 683 g/mol. The molecule has 1 fully saturated rings. The second-order valence-electron chi connectivity index (χ2n) is 12.8. The molecule has 45 heavy (non-hydrogen) atoms. The standard InChI is InChI=1S/C31H39Cl2N3O8S/c1-17-11-20(32)25(21(33)12-17)41-9-10-42-27-34-14-23(45-27)19-13-18-15-35(28(38)43-30(2,3)4)16-22(24(19)26(37)40-8)36(18)29(39)44-31(5,6)7/h11-12,14,18,22H,9-10,13,15-16H2,1-8H3. The molecule has 2 aliphatic heterocycles. The highest BCUT2D eigenvalue weighted by atomic mass is 35.5. The summed E-state index contributed by atoms with van der Waals surface area (Å²) in [6.07, 6.45) is 0.758. The number of halogens is 2. The van der Waals surface area contributed by atoms with E-state index in [9.17, 15) is 14.4 Å². The first-order chi connectivity index (χ1) is 21.0. The molecule has 2 atom stereocenters. The molecule has 0 N–H and O–H groups in total. The number of hydrogen-bond donors (Lipinski definition) is 0. The summed E-state index contributed by atoms with van der Waals surface area (Å²) < 4.78 is 28.1. The van der Waals surface area contributed by atoms with Crippen LogP contribution in [0.5, 0.6) is 10.9 Å². The summed E-state index contributed by atoms with van der Waals surface area (Å²) in [5, 5.41) is 1.18. The number of nitrogens with zero attached hydrogens (tertiary/aromatic N) is 3. The summed E-state index contributed by atoms with van der Waals surface area (Å²) in [4.78, 5) is 48.1. The zero-order valence-corrected chi connectivity index (χ0v) is 29.0. The molecule has 4 rings (SSSR count). The summed E-state index contributed by atoms with van der Waals surface area (Å²) >= 11 is 13.8. The zero-order valence-electron chi connectivity index (χ0n) is 26.7. The fourth-order valence-corrected chi connectivity index (χ4v) is 6.70.